The van der Waals surface area contributed by atoms with Gasteiger partial charge in [-0.25, -0.2) is 4.98 Å². The number of ether oxygens (including phenoxy) is 1. The van der Waals surface area contributed by atoms with Crippen LogP contribution in [0.4, 0.5) is 5.82 Å². The summed E-state index contributed by atoms with van der Waals surface area (Å²) in [6, 6.07) is 20.2. The van der Waals surface area contributed by atoms with Crippen LogP contribution in [0.3, 0.4) is 0 Å². The van der Waals surface area contributed by atoms with E-state index in [1.807, 2.05) is 54.6 Å². The van der Waals surface area contributed by atoms with Crippen molar-refractivity contribution in [1.82, 2.24) is 4.98 Å². The minimum absolute atomic E-state index is 0.265. The smallest absolute Gasteiger partial charge is 0.142 e. The van der Waals surface area contributed by atoms with Crippen molar-refractivity contribution in [3.8, 4) is 34.2 Å². The van der Waals surface area contributed by atoms with E-state index in [0.29, 0.717) is 5.56 Å². The maximum absolute atomic E-state index is 9.81. The molecule has 0 bridgehead atoms. The number of benzene rings is 2. The van der Waals surface area contributed by atoms with Gasteiger partial charge in [-0.15, -0.1) is 0 Å². The molecule has 0 spiro atoms. The largest absolute Gasteiger partial charge is 0.494 e. The first-order valence-electron chi connectivity index (χ1n) is 11.2. The molecule has 0 atom stereocenters. The van der Waals surface area contributed by atoms with E-state index in [9.17, 15) is 5.26 Å². The van der Waals surface area contributed by atoms with Gasteiger partial charge < -0.3 is 10.5 Å². The molecule has 0 aliphatic carbocycles. The maximum atomic E-state index is 9.81. The Morgan fingerprint density at radius 1 is 0.903 bits per heavy atom. The Morgan fingerprint density at radius 2 is 1.61 bits per heavy atom. The van der Waals surface area contributed by atoms with Crippen LogP contribution in [-0.4, -0.2) is 11.6 Å². The lowest BCUT2D eigenvalue weighted by molar-refractivity contribution is 0.304. The van der Waals surface area contributed by atoms with Crippen molar-refractivity contribution in [2.45, 2.75) is 52.4 Å². The van der Waals surface area contributed by atoms with Crippen molar-refractivity contribution < 1.29 is 4.74 Å². The average molecular weight is 414 g/mol. The Bertz CT molecular complexity index is 1020. The molecule has 160 valence electrons. The Kier molecular flexibility index (Phi) is 8.06. The second kappa shape index (κ2) is 11.2. The van der Waals surface area contributed by atoms with Gasteiger partial charge in [0.1, 0.15) is 23.2 Å². The van der Waals surface area contributed by atoms with E-state index in [0.717, 1.165) is 53.1 Å². The van der Waals surface area contributed by atoms with E-state index >= 15 is 0 Å². The Hall–Kier alpha value is -3.32. The van der Waals surface area contributed by atoms with Crippen LogP contribution in [0.1, 0.15) is 57.1 Å². The quantitative estimate of drug-likeness (QED) is 0.372. The highest BCUT2D eigenvalue weighted by Gasteiger charge is 2.19. The highest BCUT2D eigenvalue weighted by atomic mass is 16.5. The lowest BCUT2D eigenvalue weighted by Crippen LogP contribution is -2.05. The van der Waals surface area contributed by atoms with E-state index in [1.165, 1.54) is 25.7 Å². The van der Waals surface area contributed by atoms with Crippen LogP contribution in [0.25, 0.3) is 22.4 Å². The van der Waals surface area contributed by atoms with Crippen LogP contribution in [0.5, 0.6) is 5.75 Å². The number of nitrogens with two attached hydrogens (primary N) is 1. The normalized spacial score (nSPS) is 10.6. The molecule has 31 heavy (non-hydrogen) atoms. The standard InChI is InChI=1S/C27H31N3O/c1-3-5-6-7-11-18-31-22-16-14-20(15-17-22)25-23(4-2)26(21-12-9-8-10-13-21)30-27(29)24(25)19-28/h8-10,12-17H,3-7,11,18H2,1-2H3,(H2,29,30). The molecule has 3 rings (SSSR count). The fourth-order valence-electron chi connectivity index (χ4n) is 3.87. The van der Waals surface area contributed by atoms with Gasteiger partial charge in [0, 0.05) is 11.1 Å². The van der Waals surface area contributed by atoms with E-state index in [4.69, 9.17) is 10.5 Å². The number of pyridine rings is 1. The topological polar surface area (TPSA) is 71.9 Å². The van der Waals surface area contributed by atoms with Gasteiger partial charge in [0.15, 0.2) is 0 Å². The molecule has 2 N–H and O–H groups in total. The van der Waals surface area contributed by atoms with E-state index < -0.39 is 0 Å². The fourth-order valence-corrected chi connectivity index (χ4v) is 3.87. The predicted octanol–water partition coefficient (Wildman–Crippen LogP) is 6.78. The Labute approximate surface area is 185 Å². The number of rotatable bonds is 10. The molecular formula is C27H31N3O. The third-order valence-electron chi connectivity index (χ3n) is 5.50. The summed E-state index contributed by atoms with van der Waals surface area (Å²) >= 11 is 0. The van der Waals surface area contributed by atoms with Crippen molar-refractivity contribution in [3.05, 3.63) is 65.7 Å². The molecule has 0 aliphatic heterocycles. The average Bonchev–Trinajstić information content (AvgIpc) is 2.81. The van der Waals surface area contributed by atoms with Gasteiger partial charge in [-0.1, -0.05) is 82.0 Å². The summed E-state index contributed by atoms with van der Waals surface area (Å²) in [6.07, 6.45) is 6.83. The van der Waals surface area contributed by atoms with E-state index in [-0.39, 0.29) is 5.82 Å². The molecule has 0 amide bonds. The van der Waals surface area contributed by atoms with Crippen LogP contribution >= 0.6 is 0 Å². The highest BCUT2D eigenvalue weighted by Crippen LogP contribution is 2.37. The molecule has 0 radical (unpaired) electrons. The van der Waals surface area contributed by atoms with Gasteiger partial charge in [-0.3, -0.25) is 0 Å². The minimum atomic E-state index is 0.265. The van der Waals surface area contributed by atoms with E-state index in [2.05, 4.69) is 24.9 Å². The van der Waals surface area contributed by atoms with Crippen molar-refractivity contribution in [3.63, 3.8) is 0 Å². The zero-order chi connectivity index (χ0) is 22.1. The first kappa shape index (κ1) is 22.4. The molecule has 0 aliphatic rings. The molecule has 3 aromatic rings. The number of unbranched alkanes of at least 4 members (excludes halogenated alkanes) is 4. The number of anilines is 1. The van der Waals surface area contributed by atoms with Crippen LogP contribution in [-0.2, 0) is 6.42 Å². The zero-order valence-corrected chi connectivity index (χ0v) is 18.5. The Balaban J connectivity index is 1.89. The van der Waals surface area contributed by atoms with Crippen LogP contribution < -0.4 is 10.5 Å². The molecule has 2 aromatic carbocycles. The first-order chi connectivity index (χ1) is 15.2. The monoisotopic (exact) mass is 413 g/mol. The summed E-state index contributed by atoms with van der Waals surface area (Å²) in [5.41, 5.74) is 11.3. The highest BCUT2D eigenvalue weighted by molar-refractivity contribution is 5.84. The number of nitrogen functional groups attached to an aromatic ring is 1. The van der Waals surface area contributed by atoms with Crippen molar-refractivity contribution >= 4 is 5.82 Å². The third-order valence-corrected chi connectivity index (χ3v) is 5.50. The summed E-state index contributed by atoms with van der Waals surface area (Å²) in [5, 5.41) is 9.81. The first-order valence-corrected chi connectivity index (χ1v) is 11.2. The number of hydrogen-bond donors (Lipinski definition) is 1. The summed E-state index contributed by atoms with van der Waals surface area (Å²) in [5.74, 6) is 1.11. The summed E-state index contributed by atoms with van der Waals surface area (Å²) < 4.78 is 5.90. The number of aromatic nitrogens is 1. The van der Waals surface area contributed by atoms with Crippen LogP contribution in [0.15, 0.2) is 54.6 Å². The van der Waals surface area contributed by atoms with Crippen LogP contribution in [0, 0.1) is 11.3 Å². The molecule has 0 saturated heterocycles. The fraction of sp³-hybridized carbons (Fsp3) is 0.333. The number of hydrogen-bond acceptors (Lipinski definition) is 4. The lowest BCUT2D eigenvalue weighted by Gasteiger charge is -2.17. The van der Waals surface area contributed by atoms with Gasteiger partial charge in [-0.2, -0.15) is 5.26 Å². The van der Waals surface area contributed by atoms with Gasteiger partial charge in [-0.05, 0) is 36.1 Å². The number of nitriles is 1. The van der Waals surface area contributed by atoms with Crippen molar-refractivity contribution in [2.75, 3.05) is 12.3 Å². The van der Waals surface area contributed by atoms with Crippen molar-refractivity contribution in [1.29, 1.82) is 5.26 Å². The Morgan fingerprint density at radius 3 is 2.26 bits per heavy atom. The van der Waals surface area contributed by atoms with Gasteiger partial charge in [0.05, 0.1) is 12.3 Å². The summed E-state index contributed by atoms with van der Waals surface area (Å²) in [6.45, 7) is 5.03. The third kappa shape index (κ3) is 5.44. The second-order valence-corrected chi connectivity index (χ2v) is 7.69. The molecule has 1 heterocycles. The lowest BCUT2D eigenvalue weighted by atomic mass is 9.90. The number of nitrogens with zero attached hydrogens (tertiary/aromatic N) is 2. The molecule has 1 aromatic heterocycles. The molecule has 0 saturated carbocycles. The molecular weight excluding hydrogens is 382 g/mol. The van der Waals surface area contributed by atoms with Gasteiger partial charge in [0.25, 0.3) is 0 Å². The minimum Gasteiger partial charge on any atom is -0.494 e. The van der Waals surface area contributed by atoms with E-state index in [1.54, 1.807) is 0 Å². The summed E-state index contributed by atoms with van der Waals surface area (Å²) in [7, 11) is 0. The molecule has 0 fully saturated rings. The molecule has 4 heteroatoms. The predicted molar refractivity (Wildman–Crippen MR) is 128 cm³/mol. The molecule has 0 unspecified atom stereocenters. The second-order valence-electron chi connectivity index (χ2n) is 7.69. The van der Waals surface area contributed by atoms with Crippen LogP contribution in [0.2, 0.25) is 0 Å². The SMILES string of the molecule is CCCCCCCOc1ccc(-c2c(C#N)c(N)nc(-c3ccccc3)c2CC)cc1. The molecule has 4 nitrogen and oxygen atoms in total. The van der Waals surface area contributed by atoms with Gasteiger partial charge >= 0.3 is 0 Å². The summed E-state index contributed by atoms with van der Waals surface area (Å²) in [4.78, 5) is 4.59. The maximum Gasteiger partial charge on any atom is 0.142 e. The van der Waals surface area contributed by atoms with Crippen molar-refractivity contribution in [2.24, 2.45) is 0 Å². The van der Waals surface area contributed by atoms with Gasteiger partial charge in [0.2, 0.25) is 0 Å². The zero-order valence-electron chi connectivity index (χ0n) is 18.5.